The Balaban J connectivity index is 2.25. The third kappa shape index (κ3) is 2.58. The Labute approximate surface area is 146 Å². The van der Waals surface area contributed by atoms with Crippen molar-refractivity contribution in [2.24, 2.45) is 0 Å². The molecule has 0 aliphatic carbocycles. The van der Waals surface area contributed by atoms with Gasteiger partial charge in [-0.2, -0.15) is 4.98 Å². The first-order chi connectivity index (χ1) is 11.7. The van der Waals surface area contributed by atoms with Crippen molar-refractivity contribution in [3.63, 3.8) is 0 Å². The van der Waals surface area contributed by atoms with Crippen LogP contribution in [0.1, 0.15) is 20.1 Å². The number of aliphatic hydroxyl groups excluding tert-OH is 2. The molecule has 0 saturated carbocycles. The van der Waals surface area contributed by atoms with E-state index in [4.69, 9.17) is 22.1 Å². The first kappa shape index (κ1) is 17.7. The molecule has 0 aromatic carbocycles. The predicted octanol–water partition coefficient (Wildman–Crippen LogP) is 0.0859. The molecule has 2 aromatic heterocycles. The van der Waals surface area contributed by atoms with Gasteiger partial charge in [-0.1, -0.05) is 17.5 Å². The van der Waals surface area contributed by atoms with E-state index in [0.29, 0.717) is 0 Å². The van der Waals surface area contributed by atoms with Crippen molar-refractivity contribution in [3.05, 3.63) is 22.4 Å². The van der Waals surface area contributed by atoms with Gasteiger partial charge in [0.05, 0.1) is 6.10 Å². The molecule has 0 spiro atoms. The molecule has 5 N–H and O–H groups in total. The SMILES string of the molecule is CC#C[C@@]1(Cl)C(O)[C@@H]([C@@H](C)O)O[C@H]1n1cc(F)c2c(=O)[nH]c(N)nc21. The number of aliphatic hydroxyl groups is 2. The van der Waals surface area contributed by atoms with Gasteiger partial charge in [0.25, 0.3) is 5.56 Å². The summed E-state index contributed by atoms with van der Waals surface area (Å²) in [6, 6.07) is 0. The molecule has 0 bridgehead atoms. The second kappa shape index (κ2) is 6.00. The standard InChI is InChI=1S/C15H16ClFN4O4/c1-3-4-15(16)10(23)9(6(2)22)25-13(15)21-5-7(17)8-11(21)19-14(18)20-12(8)24/h5-6,9-10,13,22-23H,1-2H3,(H3,18,19,20,24)/t6-,9-,10?,13-,15-/m1/s1. The summed E-state index contributed by atoms with van der Waals surface area (Å²) in [5, 5.41) is 20.0. The lowest BCUT2D eigenvalue weighted by molar-refractivity contribution is -0.0752. The fraction of sp³-hybridized carbons (Fsp3) is 0.467. The van der Waals surface area contributed by atoms with Crippen molar-refractivity contribution < 1.29 is 19.3 Å². The lowest BCUT2D eigenvalue weighted by Crippen LogP contribution is -2.43. The summed E-state index contributed by atoms with van der Waals surface area (Å²) in [6.07, 6.45) is -3.74. The number of aromatic nitrogens is 3. The first-order valence-corrected chi connectivity index (χ1v) is 7.78. The zero-order valence-corrected chi connectivity index (χ0v) is 14.1. The average molecular weight is 371 g/mol. The van der Waals surface area contributed by atoms with Gasteiger partial charge in [0.1, 0.15) is 17.6 Å². The summed E-state index contributed by atoms with van der Waals surface area (Å²) in [4.78, 5) is 16.4. The fourth-order valence-electron chi connectivity index (χ4n) is 2.99. The van der Waals surface area contributed by atoms with Gasteiger partial charge in [0.15, 0.2) is 22.6 Å². The lowest BCUT2D eigenvalue weighted by Gasteiger charge is -2.25. The van der Waals surface area contributed by atoms with Crippen molar-refractivity contribution in [3.8, 4) is 11.8 Å². The molecule has 1 saturated heterocycles. The van der Waals surface area contributed by atoms with Crippen LogP contribution in [0, 0.1) is 17.7 Å². The Hall–Kier alpha value is -2.12. The van der Waals surface area contributed by atoms with Crippen LogP contribution in [0.25, 0.3) is 11.0 Å². The van der Waals surface area contributed by atoms with Crippen LogP contribution in [0.2, 0.25) is 0 Å². The molecule has 0 amide bonds. The van der Waals surface area contributed by atoms with Gasteiger partial charge >= 0.3 is 0 Å². The van der Waals surface area contributed by atoms with Crippen molar-refractivity contribution >= 4 is 28.6 Å². The van der Waals surface area contributed by atoms with Crippen molar-refractivity contribution in [2.75, 3.05) is 5.73 Å². The van der Waals surface area contributed by atoms with E-state index < -0.39 is 40.8 Å². The van der Waals surface area contributed by atoms with Gasteiger partial charge in [0, 0.05) is 6.20 Å². The Morgan fingerprint density at radius 1 is 1.64 bits per heavy atom. The number of anilines is 1. The van der Waals surface area contributed by atoms with Crippen LogP contribution in [0.4, 0.5) is 10.3 Å². The number of nitrogens with zero attached hydrogens (tertiary/aromatic N) is 2. The van der Waals surface area contributed by atoms with Crippen molar-refractivity contribution in [1.29, 1.82) is 0 Å². The summed E-state index contributed by atoms with van der Waals surface area (Å²) in [5.74, 6) is 4.17. The third-order valence-corrected chi connectivity index (χ3v) is 4.59. The maximum atomic E-state index is 14.3. The van der Waals surface area contributed by atoms with E-state index in [0.717, 1.165) is 10.8 Å². The van der Waals surface area contributed by atoms with Gasteiger partial charge in [-0.05, 0) is 13.8 Å². The number of ether oxygens (including phenoxy) is 1. The number of H-pyrrole nitrogens is 1. The molecule has 1 aliphatic heterocycles. The number of hydrogen-bond donors (Lipinski definition) is 4. The molecule has 0 radical (unpaired) electrons. The Morgan fingerprint density at radius 3 is 2.92 bits per heavy atom. The Morgan fingerprint density at radius 2 is 2.32 bits per heavy atom. The molecule has 1 fully saturated rings. The Kier molecular flexibility index (Phi) is 4.25. The molecule has 1 unspecified atom stereocenters. The Bertz CT molecular complexity index is 947. The number of hydrogen-bond acceptors (Lipinski definition) is 6. The lowest BCUT2D eigenvalue weighted by atomic mass is 9.97. The molecule has 5 atom stereocenters. The minimum absolute atomic E-state index is 0.106. The first-order valence-electron chi connectivity index (χ1n) is 7.41. The van der Waals surface area contributed by atoms with Crippen LogP contribution >= 0.6 is 11.6 Å². The molecular weight excluding hydrogens is 355 g/mol. The number of nitrogens with two attached hydrogens (primary N) is 1. The van der Waals surface area contributed by atoms with Crippen LogP contribution in [-0.4, -0.2) is 47.9 Å². The number of fused-ring (bicyclic) bond motifs is 1. The molecule has 8 nitrogen and oxygen atoms in total. The molecule has 10 heteroatoms. The molecule has 25 heavy (non-hydrogen) atoms. The van der Waals surface area contributed by atoms with E-state index in [1.165, 1.54) is 13.8 Å². The van der Waals surface area contributed by atoms with Crippen LogP contribution < -0.4 is 11.3 Å². The van der Waals surface area contributed by atoms with Crippen LogP contribution in [0.15, 0.2) is 11.0 Å². The summed E-state index contributed by atoms with van der Waals surface area (Å²) < 4.78 is 21.1. The summed E-state index contributed by atoms with van der Waals surface area (Å²) >= 11 is 6.50. The number of rotatable bonds is 2. The normalized spacial score (nSPS) is 30.2. The van der Waals surface area contributed by atoms with Gasteiger partial charge in [-0.3, -0.25) is 14.3 Å². The van der Waals surface area contributed by atoms with Crippen LogP contribution in [-0.2, 0) is 4.74 Å². The third-order valence-electron chi connectivity index (χ3n) is 4.09. The number of alkyl halides is 1. The largest absolute Gasteiger partial charge is 0.391 e. The summed E-state index contributed by atoms with van der Waals surface area (Å²) in [7, 11) is 0. The van der Waals surface area contributed by atoms with Gasteiger partial charge in [-0.15, -0.1) is 5.92 Å². The summed E-state index contributed by atoms with van der Waals surface area (Å²) in [6.45, 7) is 2.93. The minimum Gasteiger partial charge on any atom is -0.391 e. The van der Waals surface area contributed by atoms with E-state index in [9.17, 15) is 19.4 Å². The minimum atomic E-state index is -1.69. The quantitative estimate of drug-likeness (QED) is 0.438. The monoisotopic (exact) mass is 370 g/mol. The van der Waals surface area contributed by atoms with Crippen LogP contribution in [0.5, 0.6) is 0 Å². The highest BCUT2D eigenvalue weighted by Gasteiger charge is 2.57. The number of nitrogens with one attached hydrogen (secondary N) is 1. The second-order valence-corrected chi connectivity index (χ2v) is 6.44. The molecule has 3 heterocycles. The fourth-order valence-corrected chi connectivity index (χ4v) is 3.36. The number of nitrogen functional groups attached to an aromatic ring is 1. The molecule has 1 aliphatic rings. The highest BCUT2D eigenvalue weighted by molar-refractivity contribution is 6.27. The maximum Gasteiger partial charge on any atom is 0.264 e. The average Bonchev–Trinajstić information content (AvgIpc) is 2.96. The maximum absolute atomic E-state index is 14.3. The number of aromatic amines is 1. The summed E-state index contributed by atoms with van der Waals surface area (Å²) in [5.41, 5.74) is 4.67. The van der Waals surface area contributed by atoms with Gasteiger partial charge < -0.3 is 20.7 Å². The highest BCUT2D eigenvalue weighted by Crippen LogP contribution is 2.45. The van der Waals surface area contributed by atoms with E-state index >= 15 is 0 Å². The molecule has 3 rings (SSSR count). The highest BCUT2D eigenvalue weighted by atomic mass is 35.5. The van der Waals surface area contributed by atoms with E-state index in [1.54, 1.807) is 0 Å². The van der Waals surface area contributed by atoms with Gasteiger partial charge in [0.2, 0.25) is 5.95 Å². The smallest absolute Gasteiger partial charge is 0.264 e. The number of halogens is 2. The van der Waals surface area contributed by atoms with Crippen LogP contribution in [0.3, 0.4) is 0 Å². The van der Waals surface area contributed by atoms with E-state index in [2.05, 4.69) is 21.8 Å². The predicted molar refractivity (Wildman–Crippen MR) is 88.4 cm³/mol. The van der Waals surface area contributed by atoms with Crippen molar-refractivity contribution in [2.45, 2.75) is 43.3 Å². The van der Waals surface area contributed by atoms with Crippen molar-refractivity contribution in [1.82, 2.24) is 14.5 Å². The molecule has 2 aromatic rings. The van der Waals surface area contributed by atoms with E-state index in [1.807, 2.05) is 0 Å². The van der Waals surface area contributed by atoms with E-state index in [-0.39, 0.29) is 17.0 Å². The van der Waals surface area contributed by atoms with Gasteiger partial charge in [-0.25, -0.2) is 4.39 Å². The molecule has 134 valence electrons. The molecular formula is C15H16ClFN4O4. The second-order valence-electron chi connectivity index (χ2n) is 5.82. The zero-order chi connectivity index (χ0) is 18.5. The zero-order valence-electron chi connectivity index (χ0n) is 13.3. The topological polar surface area (TPSA) is 126 Å².